The van der Waals surface area contributed by atoms with Crippen LogP contribution >= 0.6 is 12.6 Å². The van der Waals surface area contributed by atoms with Gasteiger partial charge in [0.25, 0.3) is 0 Å². The molecule has 176 valence electrons. The van der Waals surface area contributed by atoms with Gasteiger partial charge < -0.3 is 25.0 Å². The van der Waals surface area contributed by atoms with E-state index >= 15 is 0 Å². The smallest absolute Gasteiger partial charge is 0.408 e. The van der Waals surface area contributed by atoms with Gasteiger partial charge in [0.05, 0.1) is 6.04 Å². The van der Waals surface area contributed by atoms with Gasteiger partial charge in [0, 0.05) is 30.2 Å². The molecule has 2 aliphatic rings. The minimum atomic E-state index is -1.02. The van der Waals surface area contributed by atoms with Gasteiger partial charge in [-0.15, -0.1) is 0 Å². The number of carbonyl (C=O) groups is 4. The first-order valence-electron chi connectivity index (χ1n) is 10.1. The maximum absolute atomic E-state index is 12.9. The summed E-state index contributed by atoms with van der Waals surface area (Å²) >= 11 is 4.52. The van der Waals surface area contributed by atoms with Crippen molar-refractivity contribution in [3.63, 3.8) is 0 Å². The quantitative estimate of drug-likeness (QED) is 0.0705. The zero-order chi connectivity index (χ0) is 24.1. The molecular formula is C19H28N6O6S. The number of hydrogen-bond acceptors (Lipinski definition) is 8. The molecule has 4 atom stereocenters. The molecule has 0 aromatic heterocycles. The van der Waals surface area contributed by atoms with Gasteiger partial charge >= 0.3 is 12.1 Å². The topological polar surface area (TPSA) is 163 Å². The monoisotopic (exact) mass is 468 g/mol. The molecule has 1 fully saturated rings. The molecule has 2 rings (SSSR count). The summed E-state index contributed by atoms with van der Waals surface area (Å²) in [5, 5.41) is 8.14. The Hall–Kier alpha value is -2.92. The van der Waals surface area contributed by atoms with Crippen LogP contribution in [0.2, 0.25) is 0 Å². The van der Waals surface area contributed by atoms with E-state index in [0.717, 1.165) is 0 Å². The minimum absolute atomic E-state index is 0.177. The van der Waals surface area contributed by atoms with Crippen molar-refractivity contribution < 1.29 is 28.7 Å². The highest BCUT2D eigenvalue weighted by atomic mass is 32.1. The molecule has 0 bridgehead atoms. The molecular weight excluding hydrogens is 440 g/mol. The lowest BCUT2D eigenvalue weighted by Crippen LogP contribution is -2.78. The molecule has 0 aromatic carbocycles. The van der Waals surface area contributed by atoms with E-state index in [0.29, 0.717) is 12.0 Å². The van der Waals surface area contributed by atoms with Crippen molar-refractivity contribution in [1.29, 1.82) is 0 Å². The molecule has 2 heterocycles. The molecule has 3 amide bonds. The van der Waals surface area contributed by atoms with E-state index in [4.69, 9.17) is 15.0 Å². The first-order valence-corrected chi connectivity index (χ1v) is 10.6. The summed E-state index contributed by atoms with van der Waals surface area (Å²) in [7, 11) is 0. The maximum Gasteiger partial charge on any atom is 0.408 e. The van der Waals surface area contributed by atoms with E-state index in [1.165, 1.54) is 11.8 Å². The Morgan fingerprint density at radius 1 is 1.34 bits per heavy atom. The lowest BCUT2D eigenvalue weighted by molar-refractivity contribution is -0.159. The molecule has 0 radical (unpaired) electrons. The number of esters is 1. The SMILES string of the molecule is CC(=O)OCC1=CC(S)[C@H]2[C@@H](NC(=O)OC(C)(C)C)C(=O)N2[C@H]1C(=O)NCCCN=[N+]=[N-]. The first kappa shape index (κ1) is 25.3. The second-order valence-electron chi connectivity index (χ2n) is 8.37. The first-order chi connectivity index (χ1) is 15.0. The number of amides is 3. The number of ether oxygens (including phenoxy) is 2. The van der Waals surface area contributed by atoms with E-state index in [1.54, 1.807) is 26.8 Å². The minimum Gasteiger partial charge on any atom is -0.461 e. The molecule has 2 N–H and O–H groups in total. The average Bonchev–Trinajstić information content (AvgIpc) is 2.68. The third-order valence-electron chi connectivity index (χ3n) is 4.71. The van der Waals surface area contributed by atoms with Crippen LogP contribution in [-0.4, -0.2) is 77.4 Å². The van der Waals surface area contributed by atoms with Gasteiger partial charge in [-0.2, -0.15) is 12.6 Å². The summed E-state index contributed by atoms with van der Waals surface area (Å²) in [5.41, 5.74) is 8.00. The lowest BCUT2D eigenvalue weighted by Gasteiger charge is -2.54. The standard InChI is InChI=1S/C19H28N6O6S/c1-10(26)30-9-11-8-12(32)15-13(23-18(29)31-19(2,3)4)17(28)25(15)14(11)16(27)21-6-5-7-22-24-20/h8,12-15,32H,5-7,9H2,1-4H3,(H,21,27)(H,23,29)/t12?,13-,14-,15+/m1/s1. The van der Waals surface area contributed by atoms with E-state index in [9.17, 15) is 19.2 Å². The number of nitrogens with zero attached hydrogens (tertiary/aromatic N) is 4. The summed E-state index contributed by atoms with van der Waals surface area (Å²) in [6.45, 7) is 6.62. The van der Waals surface area contributed by atoms with Gasteiger partial charge in [-0.05, 0) is 38.3 Å². The molecule has 0 saturated carbocycles. The summed E-state index contributed by atoms with van der Waals surface area (Å²) in [6, 6.07) is -2.51. The van der Waals surface area contributed by atoms with Crippen LogP contribution in [0.15, 0.2) is 16.8 Å². The average molecular weight is 469 g/mol. The molecule has 2 aliphatic heterocycles. The zero-order valence-electron chi connectivity index (χ0n) is 18.4. The van der Waals surface area contributed by atoms with Crippen LogP contribution in [0.25, 0.3) is 10.4 Å². The van der Waals surface area contributed by atoms with Gasteiger partial charge in [0.1, 0.15) is 24.3 Å². The Balaban J connectivity index is 2.18. The van der Waals surface area contributed by atoms with Crippen molar-refractivity contribution >= 4 is 36.5 Å². The number of fused-ring (bicyclic) bond motifs is 1. The van der Waals surface area contributed by atoms with E-state index < -0.39 is 52.9 Å². The molecule has 1 unspecified atom stereocenters. The number of azide groups is 1. The fourth-order valence-electron chi connectivity index (χ4n) is 3.47. The fraction of sp³-hybridized carbons (Fsp3) is 0.684. The van der Waals surface area contributed by atoms with E-state index in [-0.39, 0.29) is 19.7 Å². The molecule has 13 heteroatoms. The van der Waals surface area contributed by atoms with Crippen molar-refractivity contribution in [3.05, 3.63) is 22.1 Å². The third kappa shape index (κ3) is 6.30. The predicted octanol–water partition coefficient (Wildman–Crippen LogP) is 1.08. The summed E-state index contributed by atoms with van der Waals surface area (Å²) < 4.78 is 10.3. The van der Waals surface area contributed by atoms with Crippen LogP contribution in [0.1, 0.15) is 34.1 Å². The lowest BCUT2D eigenvalue weighted by atomic mass is 9.82. The molecule has 12 nitrogen and oxygen atoms in total. The largest absolute Gasteiger partial charge is 0.461 e. The summed E-state index contributed by atoms with van der Waals surface area (Å²) in [6.07, 6.45) is 1.33. The Kier molecular flexibility index (Phi) is 8.39. The summed E-state index contributed by atoms with van der Waals surface area (Å²) in [5.74, 6) is -1.47. The van der Waals surface area contributed by atoms with Crippen molar-refractivity contribution in [2.45, 2.75) is 63.1 Å². The zero-order valence-corrected chi connectivity index (χ0v) is 19.3. The van der Waals surface area contributed by atoms with Crippen molar-refractivity contribution in [3.8, 4) is 0 Å². The van der Waals surface area contributed by atoms with Gasteiger partial charge in [0.15, 0.2) is 0 Å². The number of rotatable bonds is 8. The van der Waals surface area contributed by atoms with Crippen LogP contribution in [0.5, 0.6) is 0 Å². The van der Waals surface area contributed by atoms with Gasteiger partial charge in [0.2, 0.25) is 11.8 Å². The number of β-lactam (4-membered cyclic amide) rings is 1. The molecule has 32 heavy (non-hydrogen) atoms. The highest BCUT2D eigenvalue weighted by Crippen LogP contribution is 2.36. The van der Waals surface area contributed by atoms with Crippen molar-refractivity contribution in [1.82, 2.24) is 15.5 Å². The van der Waals surface area contributed by atoms with Crippen LogP contribution < -0.4 is 10.6 Å². The third-order valence-corrected chi connectivity index (χ3v) is 5.16. The highest BCUT2D eigenvalue weighted by molar-refractivity contribution is 7.81. The number of thiol groups is 1. The number of hydrogen-bond donors (Lipinski definition) is 3. The van der Waals surface area contributed by atoms with Crippen LogP contribution in [0, 0.1) is 0 Å². The van der Waals surface area contributed by atoms with Crippen molar-refractivity contribution in [2.75, 3.05) is 19.7 Å². The van der Waals surface area contributed by atoms with E-state index in [2.05, 4.69) is 33.3 Å². The fourth-order valence-corrected chi connectivity index (χ4v) is 3.98. The Morgan fingerprint density at radius 3 is 2.62 bits per heavy atom. The van der Waals surface area contributed by atoms with Gasteiger partial charge in [-0.1, -0.05) is 11.2 Å². The normalized spacial score (nSPS) is 24.2. The number of alkyl carbamates (subject to hydrolysis) is 1. The highest BCUT2D eigenvalue weighted by Gasteiger charge is 2.58. The number of carbonyl (C=O) groups excluding carboxylic acids is 4. The van der Waals surface area contributed by atoms with Crippen molar-refractivity contribution in [2.24, 2.45) is 5.11 Å². The van der Waals surface area contributed by atoms with Crippen LogP contribution in [0.3, 0.4) is 0 Å². The summed E-state index contributed by atoms with van der Waals surface area (Å²) in [4.78, 5) is 53.2. The van der Waals surface area contributed by atoms with Gasteiger partial charge in [-0.25, -0.2) is 4.79 Å². The molecule has 0 aromatic rings. The molecule has 0 aliphatic carbocycles. The molecule has 1 saturated heterocycles. The Morgan fingerprint density at radius 2 is 2.03 bits per heavy atom. The Bertz CT molecular complexity index is 850. The predicted molar refractivity (Wildman–Crippen MR) is 117 cm³/mol. The van der Waals surface area contributed by atoms with Crippen LogP contribution in [-0.2, 0) is 23.9 Å². The molecule has 0 spiro atoms. The van der Waals surface area contributed by atoms with Crippen LogP contribution in [0.4, 0.5) is 4.79 Å². The van der Waals surface area contributed by atoms with E-state index in [1.807, 2.05) is 0 Å². The maximum atomic E-state index is 12.9. The Labute approximate surface area is 191 Å². The van der Waals surface area contributed by atoms with Gasteiger partial charge in [-0.3, -0.25) is 14.4 Å². The second-order valence-corrected chi connectivity index (χ2v) is 8.97. The second kappa shape index (κ2) is 10.6. The number of nitrogens with one attached hydrogen (secondary N) is 2.